The van der Waals surface area contributed by atoms with Crippen LogP contribution >= 0.6 is 11.3 Å². The minimum atomic E-state index is 0.934. The van der Waals surface area contributed by atoms with Gasteiger partial charge >= 0.3 is 0 Å². The summed E-state index contributed by atoms with van der Waals surface area (Å²) in [7, 11) is 0. The Bertz CT molecular complexity index is 3000. The fourth-order valence-electron chi connectivity index (χ4n) is 7.57. The van der Waals surface area contributed by atoms with Gasteiger partial charge < -0.3 is 0 Å². The summed E-state index contributed by atoms with van der Waals surface area (Å²) in [5.74, 6) is 0. The van der Waals surface area contributed by atoms with Crippen molar-refractivity contribution in [2.75, 3.05) is 0 Å². The number of hydrogen-bond acceptors (Lipinski definition) is 5. The third-order valence-corrected chi connectivity index (χ3v) is 11.5. The molecule has 6 aromatic carbocycles. The van der Waals surface area contributed by atoms with Crippen LogP contribution in [0.25, 0.3) is 109 Å². The molecule has 0 aliphatic heterocycles. The zero-order chi connectivity index (χ0) is 34.9. The molecule has 5 aromatic heterocycles. The van der Waals surface area contributed by atoms with Gasteiger partial charge in [0.25, 0.3) is 0 Å². The molecule has 5 heteroatoms. The van der Waals surface area contributed by atoms with Gasteiger partial charge in [-0.2, -0.15) is 0 Å². The van der Waals surface area contributed by atoms with Crippen molar-refractivity contribution in [3.63, 3.8) is 0 Å². The van der Waals surface area contributed by atoms with E-state index in [2.05, 4.69) is 156 Å². The number of fused-ring (bicyclic) bond motifs is 9. The number of nitrogens with zero attached hydrogens (tertiary/aromatic N) is 4. The Morgan fingerprint density at radius 3 is 1.15 bits per heavy atom. The van der Waals surface area contributed by atoms with Crippen LogP contribution in [-0.2, 0) is 0 Å². The van der Waals surface area contributed by atoms with Crippen molar-refractivity contribution in [2.24, 2.45) is 0 Å². The molecule has 53 heavy (non-hydrogen) atoms. The Labute approximate surface area is 308 Å². The zero-order valence-corrected chi connectivity index (χ0v) is 29.2. The maximum Gasteiger partial charge on any atom is 0.0972 e. The number of aromatic nitrogens is 4. The van der Waals surface area contributed by atoms with E-state index < -0.39 is 0 Å². The fourth-order valence-corrected chi connectivity index (χ4v) is 8.64. The van der Waals surface area contributed by atoms with Gasteiger partial charge in [-0.15, -0.1) is 11.3 Å². The first-order valence-corrected chi connectivity index (χ1v) is 18.5. The lowest BCUT2D eigenvalue weighted by Gasteiger charge is -2.08. The summed E-state index contributed by atoms with van der Waals surface area (Å²) < 4.78 is 2.58. The van der Waals surface area contributed by atoms with Crippen molar-refractivity contribution < 1.29 is 0 Å². The molecular formula is C48H28N4S. The summed E-state index contributed by atoms with van der Waals surface area (Å²) in [6.45, 7) is 0. The van der Waals surface area contributed by atoms with E-state index in [9.17, 15) is 0 Å². The van der Waals surface area contributed by atoms with Crippen LogP contribution in [0.1, 0.15) is 0 Å². The van der Waals surface area contributed by atoms with Crippen LogP contribution < -0.4 is 0 Å². The highest BCUT2D eigenvalue weighted by molar-refractivity contribution is 7.25. The molecule has 0 spiro atoms. The second-order valence-corrected chi connectivity index (χ2v) is 14.6. The molecule has 5 heterocycles. The summed E-state index contributed by atoms with van der Waals surface area (Å²) in [6, 6.07) is 56.2. The molecule has 0 saturated heterocycles. The van der Waals surface area contributed by atoms with Gasteiger partial charge in [0.05, 0.1) is 33.5 Å². The topological polar surface area (TPSA) is 51.6 Å². The number of rotatable bonds is 4. The third-order valence-electron chi connectivity index (χ3n) is 10.4. The van der Waals surface area contributed by atoms with Gasteiger partial charge in [0.15, 0.2) is 0 Å². The third kappa shape index (κ3) is 5.05. The van der Waals surface area contributed by atoms with Crippen LogP contribution in [0, 0.1) is 0 Å². The summed E-state index contributed by atoms with van der Waals surface area (Å²) in [4.78, 5) is 19.4. The molecule has 0 saturated carbocycles. The van der Waals surface area contributed by atoms with Crippen LogP contribution in [0.15, 0.2) is 170 Å². The largest absolute Gasteiger partial charge is 0.254 e. The van der Waals surface area contributed by atoms with E-state index in [4.69, 9.17) is 9.97 Å². The highest BCUT2D eigenvalue weighted by Crippen LogP contribution is 2.39. The van der Waals surface area contributed by atoms with E-state index in [-0.39, 0.29) is 0 Å². The number of pyridine rings is 4. The summed E-state index contributed by atoms with van der Waals surface area (Å²) in [6.07, 6.45) is 3.67. The zero-order valence-electron chi connectivity index (χ0n) is 28.4. The SMILES string of the molecule is c1cnc2c(c1)ccc1ccc(-c3ccc(-c4ccc5sc6ccc(-c7ccc(-c8ccc9ccc%10cccnc%10c9n8)cc7)cc6c5c4)cc3)nc12. The lowest BCUT2D eigenvalue weighted by Crippen LogP contribution is -1.89. The molecule has 0 unspecified atom stereocenters. The molecule has 0 N–H and O–H groups in total. The monoisotopic (exact) mass is 692 g/mol. The van der Waals surface area contributed by atoms with Crippen molar-refractivity contribution in [3.05, 3.63) is 170 Å². The van der Waals surface area contributed by atoms with Crippen LogP contribution in [0.2, 0.25) is 0 Å². The van der Waals surface area contributed by atoms with E-state index >= 15 is 0 Å². The molecule has 0 aliphatic carbocycles. The van der Waals surface area contributed by atoms with Gasteiger partial charge in [-0.3, -0.25) is 9.97 Å². The van der Waals surface area contributed by atoms with Crippen LogP contribution in [0.3, 0.4) is 0 Å². The van der Waals surface area contributed by atoms with Gasteiger partial charge in [-0.1, -0.05) is 109 Å². The number of hydrogen-bond donors (Lipinski definition) is 0. The first-order chi connectivity index (χ1) is 26.2. The summed E-state index contributed by atoms with van der Waals surface area (Å²) >= 11 is 1.85. The summed E-state index contributed by atoms with van der Waals surface area (Å²) in [5.41, 5.74) is 12.6. The van der Waals surface area contributed by atoms with Crippen LogP contribution in [0.5, 0.6) is 0 Å². The molecular weight excluding hydrogens is 665 g/mol. The first kappa shape index (κ1) is 29.9. The van der Waals surface area contributed by atoms with E-state index in [1.807, 2.05) is 35.9 Å². The van der Waals surface area contributed by atoms with E-state index in [1.54, 1.807) is 0 Å². The number of thiophene rings is 1. The average Bonchev–Trinajstić information content (AvgIpc) is 3.60. The first-order valence-electron chi connectivity index (χ1n) is 17.7. The lowest BCUT2D eigenvalue weighted by atomic mass is 9.98. The van der Waals surface area contributed by atoms with Crippen molar-refractivity contribution in [1.82, 2.24) is 19.9 Å². The fraction of sp³-hybridized carbons (Fsp3) is 0. The van der Waals surface area contributed by atoms with Gasteiger partial charge in [-0.05, 0) is 70.8 Å². The van der Waals surface area contributed by atoms with Crippen molar-refractivity contribution in [2.45, 2.75) is 0 Å². The highest BCUT2D eigenvalue weighted by Gasteiger charge is 2.12. The molecule has 0 fully saturated rings. The molecule has 4 nitrogen and oxygen atoms in total. The lowest BCUT2D eigenvalue weighted by molar-refractivity contribution is 1.37. The number of benzene rings is 6. The molecule has 0 radical (unpaired) electrons. The minimum Gasteiger partial charge on any atom is -0.254 e. The standard InChI is InChI=1S/C48H28N4S/c1-3-33-13-15-35-17-21-41(51-47(35)45(33)49-25-1)31-9-5-29(6-10-31)37-19-23-43-39(27-37)40-28-38(20-24-44(40)53-43)30-7-11-32(12-8-30)42-22-18-36-16-14-34-4-2-26-50-46(34)48(36)52-42/h1-28H. The van der Waals surface area contributed by atoms with Gasteiger partial charge in [-0.25, -0.2) is 9.97 Å². The molecule has 11 rings (SSSR count). The molecule has 246 valence electrons. The van der Waals surface area contributed by atoms with Crippen LogP contribution in [-0.4, -0.2) is 19.9 Å². The molecule has 0 amide bonds. The van der Waals surface area contributed by atoms with E-state index in [0.717, 1.165) is 66.1 Å². The average molecular weight is 693 g/mol. The Balaban J connectivity index is 0.907. The van der Waals surface area contributed by atoms with Gasteiger partial charge in [0.1, 0.15) is 0 Å². The molecule has 0 bridgehead atoms. The van der Waals surface area contributed by atoms with Crippen molar-refractivity contribution in [1.29, 1.82) is 0 Å². The quantitative estimate of drug-likeness (QED) is 0.172. The van der Waals surface area contributed by atoms with Gasteiger partial charge in [0, 0.05) is 65.2 Å². The summed E-state index contributed by atoms with van der Waals surface area (Å²) in [5, 5.41) is 6.95. The minimum absolute atomic E-state index is 0.934. The Hall–Kier alpha value is -6.82. The second kappa shape index (κ2) is 11.9. The Morgan fingerprint density at radius 2 is 0.698 bits per heavy atom. The normalized spacial score (nSPS) is 11.8. The van der Waals surface area contributed by atoms with Crippen molar-refractivity contribution in [3.8, 4) is 44.8 Å². The predicted octanol–water partition coefficient (Wildman–Crippen LogP) is 12.9. The highest BCUT2D eigenvalue weighted by atomic mass is 32.1. The molecule has 11 aromatic rings. The van der Waals surface area contributed by atoms with Gasteiger partial charge in [0.2, 0.25) is 0 Å². The van der Waals surface area contributed by atoms with Crippen LogP contribution in [0.4, 0.5) is 0 Å². The van der Waals surface area contributed by atoms with E-state index in [1.165, 1.54) is 42.4 Å². The Morgan fingerprint density at radius 1 is 0.321 bits per heavy atom. The Kier molecular flexibility index (Phi) is 6.69. The smallest absolute Gasteiger partial charge is 0.0972 e. The maximum absolute atomic E-state index is 5.05. The second-order valence-electron chi connectivity index (χ2n) is 13.5. The molecule has 0 atom stereocenters. The van der Waals surface area contributed by atoms with E-state index in [0.29, 0.717) is 0 Å². The molecule has 0 aliphatic rings. The van der Waals surface area contributed by atoms with Crippen molar-refractivity contribution >= 4 is 75.1 Å². The maximum atomic E-state index is 5.05. The predicted molar refractivity (Wildman–Crippen MR) is 222 cm³/mol.